The van der Waals surface area contributed by atoms with E-state index in [1.165, 1.54) is 24.0 Å². The average Bonchev–Trinajstić information content (AvgIpc) is 3.19. The van der Waals surface area contributed by atoms with Gasteiger partial charge in [-0.1, -0.05) is 24.3 Å². The SMILES string of the molecule is NCCc1ccccc1CN(Cc1ccco1)C1CC1. The largest absolute Gasteiger partial charge is 0.468 e. The summed E-state index contributed by atoms with van der Waals surface area (Å²) in [6.07, 6.45) is 5.32. The fraction of sp³-hybridized carbons (Fsp3) is 0.412. The van der Waals surface area contributed by atoms with Crippen molar-refractivity contribution in [1.82, 2.24) is 4.90 Å². The third kappa shape index (κ3) is 3.30. The van der Waals surface area contributed by atoms with Crippen LogP contribution in [0.4, 0.5) is 0 Å². The van der Waals surface area contributed by atoms with Crippen LogP contribution in [0.25, 0.3) is 0 Å². The molecule has 0 saturated heterocycles. The van der Waals surface area contributed by atoms with Gasteiger partial charge >= 0.3 is 0 Å². The lowest BCUT2D eigenvalue weighted by molar-refractivity contribution is 0.224. The number of benzene rings is 1. The molecule has 1 aliphatic carbocycles. The van der Waals surface area contributed by atoms with Gasteiger partial charge in [-0.3, -0.25) is 4.90 Å². The van der Waals surface area contributed by atoms with Gasteiger partial charge in [-0.05, 0) is 49.1 Å². The summed E-state index contributed by atoms with van der Waals surface area (Å²) in [5.74, 6) is 1.05. The van der Waals surface area contributed by atoms with Crippen LogP contribution < -0.4 is 5.73 Å². The molecule has 0 atom stereocenters. The summed E-state index contributed by atoms with van der Waals surface area (Å²) in [6.45, 7) is 2.59. The fourth-order valence-electron chi connectivity index (χ4n) is 2.69. The molecule has 1 saturated carbocycles. The van der Waals surface area contributed by atoms with Gasteiger partial charge in [0.25, 0.3) is 0 Å². The molecule has 2 aromatic rings. The minimum Gasteiger partial charge on any atom is -0.468 e. The first-order valence-electron chi connectivity index (χ1n) is 7.40. The van der Waals surface area contributed by atoms with Gasteiger partial charge in [-0.15, -0.1) is 0 Å². The Hall–Kier alpha value is -1.58. The molecule has 0 radical (unpaired) electrons. The van der Waals surface area contributed by atoms with Gasteiger partial charge < -0.3 is 10.2 Å². The normalized spacial score (nSPS) is 14.9. The van der Waals surface area contributed by atoms with E-state index in [1.54, 1.807) is 6.26 Å². The number of nitrogens with two attached hydrogens (primary N) is 1. The number of furan rings is 1. The number of nitrogens with zero attached hydrogens (tertiary/aromatic N) is 1. The minimum atomic E-state index is 0.707. The highest BCUT2D eigenvalue weighted by Gasteiger charge is 2.29. The maximum absolute atomic E-state index is 5.71. The quantitative estimate of drug-likeness (QED) is 0.841. The Balaban J connectivity index is 1.73. The summed E-state index contributed by atoms with van der Waals surface area (Å²) in [5.41, 5.74) is 8.49. The monoisotopic (exact) mass is 270 g/mol. The van der Waals surface area contributed by atoms with E-state index in [0.29, 0.717) is 12.6 Å². The molecule has 0 bridgehead atoms. The van der Waals surface area contributed by atoms with Gasteiger partial charge in [-0.25, -0.2) is 0 Å². The molecule has 0 amide bonds. The molecule has 1 heterocycles. The van der Waals surface area contributed by atoms with Gasteiger partial charge in [0.2, 0.25) is 0 Å². The van der Waals surface area contributed by atoms with Crippen LogP contribution in [0.15, 0.2) is 47.1 Å². The topological polar surface area (TPSA) is 42.4 Å². The summed E-state index contributed by atoms with van der Waals surface area (Å²) in [6, 6.07) is 13.4. The van der Waals surface area contributed by atoms with Crippen molar-refractivity contribution >= 4 is 0 Å². The van der Waals surface area contributed by atoms with Gasteiger partial charge in [0.1, 0.15) is 5.76 Å². The highest BCUT2D eigenvalue weighted by Crippen LogP contribution is 2.30. The second-order valence-corrected chi connectivity index (χ2v) is 5.52. The molecule has 2 N–H and O–H groups in total. The lowest BCUT2D eigenvalue weighted by Crippen LogP contribution is -2.25. The summed E-state index contributed by atoms with van der Waals surface area (Å²) in [4.78, 5) is 2.52. The molecule has 3 nitrogen and oxygen atoms in total. The smallest absolute Gasteiger partial charge is 0.117 e. The zero-order valence-electron chi connectivity index (χ0n) is 11.8. The van der Waals surface area contributed by atoms with Crippen LogP contribution in [0, 0.1) is 0 Å². The first-order chi connectivity index (χ1) is 9.86. The van der Waals surface area contributed by atoms with E-state index in [4.69, 9.17) is 10.2 Å². The van der Waals surface area contributed by atoms with Crippen molar-refractivity contribution in [2.45, 2.75) is 38.4 Å². The Bertz CT molecular complexity index is 532. The number of hydrogen-bond donors (Lipinski definition) is 1. The van der Waals surface area contributed by atoms with Gasteiger partial charge in [0.05, 0.1) is 12.8 Å². The maximum Gasteiger partial charge on any atom is 0.117 e. The first kappa shape index (κ1) is 13.4. The molecule has 1 aromatic heterocycles. The Kier molecular flexibility index (Phi) is 4.19. The second kappa shape index (κ2) is 6.25. The fourth-order valence-corrected chi connectivity index (χ4v) is 2.69. The van der Waals surface area contributed by atoms with E-state index in [-0.39, 0.29) is 0 Å². The van der Waals surface area contributed by atoms with E-state index in [9.17, 15) is 0 Å². The predicted molar refractivity (Wildman–Crippen MR) is 80.2 cm³/mol. The molecular weight excluding hydrogens is 248 g/mol. The Morgan fingerprint density at radius 3 is 2.50 bits per heavy atom. The zero-order chi connectivity index (χ0) is 13.8. The van der Waals surface area contributed by atoms with Crippen LogP contribution in [-0.2, 0) is 19.5 Å². The van der Waals surface area contributed by atoms with Crippen LogP contribution in [-0.4, -0.2) is 17.5 Å². The molecule has 20 heavy (non-hydrogen) atoms. The Labute approximate surface area is 120 Å². The van der Waals surface area contributed by atoms with Crippen molar-refractivity contribution in [3.8, 4) is 0 Å². The maximum atomic E-state index is 5.71. The van der Waals surface area contributed by atoms with E-state index in [1.807, 2.05) is 6.07 Å². The van der Waals surface area contributed by atoms with Crippen molar-refractivity contribution < 1.29 is 4.42 Å². The zero-order valence-corrected chi connectivity index (χ0v) is 11.8. The molecule has 1 fully saturated rings. The number of hydrogen-bond acceptors (Lipinski definition) is 3. The average molecular weight is 270 g/mol. The van der Waals surface area contributed by atoms with Gasteiger partial charge in [-0.2, -0.15) is 0 Å². The molecule has 0 spiro atoms. The molecular formula is C17H22N2O. The molecule has 1 aliphatic rings. The summed E-state index contributed by atoms with van der Waals surface area (Å²) in [7, 11) is 0. The van der Waals surface area contributed by atoms with Gasteiger partial charge in [0, 0.05) is 12.6 Å². The van der Waals surface area contributed by atoms with Crippen LogP contribution in [0.3, 0.4) is 0 Å². The number of rotatable bonds is 7. The van der Waals surface area contributed by atoms with Crippen molar-refractivity contribution in [2.24, 2.45) is 5.73 Å². The Morgan fingerprint density at radius 1 is 1.05 bits per heavy atom. The van der Waals surface area contributed by atoms with E-state index >= 15 is 0 Å². The molecule has 3 heteroatoms. The van der Waals surface area contributed by atoms with Crippen LogP contribution in [0.5, 0.6) is 0 Å². The molecule has 0 aliphatic heterocycles. The standard InChI is InChI=1S/C17H22N2O/c18-10-9-14-4-1-2-5-15(14)12-19(16-7-8-16)13-17-6-3-11-20-17/h1-6,11,16H,7-10,12-13,18H2. The van der Waals surface area contributed by atoms with Crippen molar-refractivity contribution in [1.29, 1.82) is 0 Å². The summed E-state index contributed by atoms with van der Waals surface area (Å²) >= 11 is 0. The van der Waals surface area contributed by atoms with E-state index in [0.717, 1.165) is 25.3 Å². The summed E-state index contributed by atoms with van der Waals surface area (Å²) in [5, 5.41) is 0. The highest BCUT2D eigenvalue weighted by atomic mass is 16.3. The first-order valence-corrected chi connectivity index (χ1v) is 7.40. The lowest BCUT2D eigenvalue weighted by Gasteiger charge is -2.22. The third-order valence-electron chi connectivity index (χ3n) is 3.91. The molecule has 1 aromatic carbocycles. The van der Waals surface area contributed by atoms with Crippen molar-refractivity contribution in [2.75, 3.05) is 6.54 Å². The van der Waals surface area contributed by atoms with Crippen LogP contribution in [0.2, 0.25) is 0 Å². The summed E-state index contributed by atoms with van der Waals surface area (Å²) < 4.78 is 5.50. The van der Waals surface area contributed by atoms with Gasteiger partial charge in [0.15, 0.2) is 0 Å². The predicted octanol–water partition coefficient (Wildman–Crippen LogP) is 2.95. The van der Waals surface area contributed by atoms with Crippen LogP contribution in [0.1, 0.15) is 29.7 Å². The highest BCUT2D eigenvalue weighted by molar-refractivity contribution is 5.27. The molecule has 106 valence electrons. The molecule has 0 unspecified atom stereocenters. The second-order valence-electron chi connectivity index (χ2n) is 5.52. The van der Waals surface area contributed by atoms with E-state index in [2.05, 4.69) is 35.2 Å². The lowest BCUT2D eigenvalue weighted by atomic mass is 10.0. The Morgan fingerprint density at radius 2 is 1.85 bits per heavy atom. The third-order valence-corrected chi connectivity index (χ3v) is 3.91. The van der Waals surface area contributed by atoms with Crippen LogP contribution >= 0.6 is 0 Å². The van der Waals surface area contributed by atoms with Crippen molar-refractivity contribution in [3.05, 3.63) is 59.5 Å². The minimum absolute atomic E-state index is 0.707. The van der Waals surface area contributed by atoms with Crippen molar-refractivity contribution in [3.63, 3.8) is 0 Å². The van der Waals surface area contributed by atoms with E-state index < -0.39 is 0 Å². The molecule has 3 rings (SSSR count).